The van der Waals surface area contributed by atoms with E-state index < -0.39 is 5.54 Å². The molecule has 0 saturated carbocycles. The molecule has 6 unspecified atom stereocenters. The number of piperidine rings is 1. The lowest BCUT2D eigenvalue weighted by atomic mass is 9.71. The Labute approximate surface area is 171 Å². The summed E-state index contributed by atoms with van der Waals surface area (Å²) in [6.07, 6.45) is 5.34. The van der Waals surface area contributed by atoms with Crippen molar-refractivity contribution in [2.45, 2.75) is 37.5 Å². The molecule has 2 fully saturated rings. The molecule has 4 aliphatic heterocycles. The third kappa shape index (κ3) is 2.10. The van der Waals surface area contributed by atoms with E-state index in [9.17, 15) is 15.0 Å². The van der Waals surface area contributed by atoms with Gasteiger partial charge in [0.25, 0.3) is 0 Å². The van der Waals surface area contributed by atoms with Crippen LogP contribution in [0.15, 0.2) is 36.7 Å². The number of fused-ring (bicyclic) bond motifs is 2. The summed E-state index contributed by atoms with van der Waals surface area (Å²) < 4.78 is 5.73. The van der Waals surface area contributed by atoms with Crippen LogP contribution in [-0.4, -0.2) is 70.8 Å². The number of ether oxygens (including phenoxy) is 1. The standard InChI is InChI=1S/C22H30N3O4/c1-2-29-21(28)25-12-8-18(16(13-26)19(25)14-27)22(25)17-6-4-3-5-15(17)7-10-24-11-9-23-20(22)24/h3-6,9,11,16,18-20,23,26-27H,2,7-8,10,12-14H2,1H3/q+1. The van der Waals surface area contributed by atoms with Gasteiger partial charge in [0.2, 0.25) is 0 Å². The third-order valence-corrected chi connectivity index (χ3v) is 7.94. The second kappa shape index (κ2) is 6.72. The maximum absolute atomic E-state index is 13.7. The van der Waals surface area contributed by atoms with Crippen molar-refractivity contribution in [3.05, 3.63) is 47.8 Å². The molecule has 156 valence electrons. The minimum absolute atomic E-state index is 0.0423. The summed E-state index contributed by atoms with van der Waals surface area (Å²) in [4.78, 5) is 16.0. The predicted molar refractivity (Wildman–Crippen MR) is 106 cm³/mol. The first kappa shape index (κ1) is 18.9. The number of nitrogens with one attached hydrogen (secondary N) is 1. The molecule has 5 rings (SSSR count). The smallest absolute Gasteiger partial charge is 0.420 e. The number of carbonyl (C=O) groups is 1. The van der Waals surface area contributed by atoms with Crippen LogP contribution in [0, 0.1) is 11.8 Å². The van der Waals surface area contributed by atoms with Crippen LogP contribution in [0.25, 0.3) is 0 Å². The Bertz CT molecular complexity index is 845. The van der Waals surface area contributed by atoms with Crippen LogP contribution < -0.4 is 5.32 Å². The first-order valence-corrected chi connectivity index (χ1v) is 10.7. The average molecular weight is 400 g/mol. The number of rotatable bonds is 3. The molecule has 6 atom stereocenters. The second-order valence-electron chi connectivity index (χ2n) is 8.64. The van der Waals surface area contributed by atoms with Gasteiger partial charge in [-0.1, -0.05) is 24.3 Å². The summed E-state index contributed by atoms with van der Waals surface area (Å²) in [6, 6.07) is 8.03. The fourth-order valence-electron chi connectivity index (χ4n) is 7.12. The largest absolute Gasteiger partial charge is 0.517 e. The second-order valence-corrected chi connectivity index (χ2v) is 8.64. The van der Waals surface area contributed by atoms with Gasteiger partial charge in [0.15, 0.2) is 11.7 Å². The highest BCUT2D eigenvalue weighted by atomic mass is 16.6. The lowest BCUT2D eigenvalue weighted by Gasteiger charge is -2.49. The van der Waals surface area contributed by atoms with Crippen molar-refractivity contribution >= 4 is 6.09 Å². The van der Waals surface area contributed by atoms with Gasteiger partial charge in [0, 0.05) is 42.8 Å². The van der Waals surface area contributed by atoms with E-state index in [-0.39, 0.29) is 47.8 Å². The summed E-state index contributed by atoms with van der Waals surface area (Å²) in [6.45, 7) is 3.40. The van der Waals surface area contributed by atoms with Crippen LogP contribution in [0.1, 0.15) is 24.5 Å². The molecule has 0 aromatic heterocycles. The van der Waals surface area contributed by atoms with Crippen LogP contribution >= 0.6 is 0 Å². The fourth-order valence-corrected chi connectivity index (χ4v) is 7.12. The van der Waals surface area contributed by atoms with Crippen molar-refractivity contribution in [3.63, 3.8) is 0 Å². The molecular formula is C22H30N3O4+. The van der Waals surface area contributed by atoms with E-state index in [0.29, 0.717) is 13.2 Å². The highest BCUT2D eigenvalue weighted by molar-refractivity contribution is 5.63. The Balaban J connectivity index is 1.83. The summed E-state index contributed by atoms with van der Waals surface area (Å²) >= 11 is 0. The topological polar surface area (TPSA) is 82.0 Å². The molecule has 7 nitrogen and oxygen atoms in total. The third-order valence-electron chi connectivity index (χ3n) is 7.94. The molecular weight excluding hydrogens is 370 g/mol. The number of aliphatic hydroxyl groups is 2. The zero-order valence-electron chi connectivity index (χ0n) is 16.8. The van der Waals surface area contributed by atoms with Gasteiger partial charge in [-0.25, -0.2) is 4.48 Å². The number of nitrogens with zero attached hydrogens (tertiary/aromatic N) is 2. The van der Waals surface area contributed by atoms with E-state index >= 15 is 0 Å². The number of carbonyl (C=O) groups excluding carboxylic acids is 1. The van der Waals surface area contributed by atoms with Gasteiger partial charge in [-0.3, -0.25) is 0 Å². The Kier molecular flexibility index (Phi) is 4.38. The summed E-state index contributed by atoms with van der Waals surface area (Å²) in [7, 11) is 0. The zero-order valence-corrected chi connectivity index (χ0v) is 16.8. The van der Waals surface area contributed by atoms with Gasteiger partial charge >= 0.3 is 6.09 Å². The van der Waals surface area contributed by atoms with Crippen molar-refractivity contribution in [2.24, 2.45) is 11.8 Å². The summed E-state index contributed by atoms with van der Waals surface area (Å²) in [5.74, 6) is -0.0956. The van der Waals surface area contributed by atoms with Gasteiger partial charge in [0.05, 0.1) is 26.4 Å². The molecule has 2 bridgehead atoms. The van der Waals surface area contributed by atoms with Crippen LogP contribution in [0.3, 0.4) is 0 Å². The quantitative estimate of drug-likeness (QED) is 0.660. The molecule has 1 spiro atoms. The minimum Gasteiger partial charge on any atom is -0.420 e. The number of quaternary nitrogens is 1. The molecule has 0 radical (unpaired) electrons. The molecule has 4 heterocycles. The van der Waals surface area contributed by atoms with Gasteiger partial charge < -0.3 is 25.2 Å². The van der Waals surface area contributed by atoms with E-state index in [1.54, 1.807) is 0 Å². The number of amides is 1. The monoisotopic (exact) mass is 400 g/mol. The first-order valence-electron chi connectivity index (χ1n) is 10.7. The molecule has 4 aliphatic rings. The van der Waals surface area contributed by atoms with Gasteiger partial charge in [-0.05, 0) is 18.9 Å². The van der Waals surface area contributed by atoms with Crippen molar-refractivity contribution in [1.82, 2.24) is 10.2 Å². The molecule has 1 amide bonds. The number of hydrogen-bond donors (Lipinski definition) is 3. The Hall–Kier alpha value is -2.09. The van der Waals surface area contributed by atoms with Crippen molar-refractivity contribution in [3.8, 4) is 0 Å². The van der Waals surface area contributed by atoms with Crippen LogP contribution in [0.5, 0.6) is 0 Å². The maximum atomic E-state index is 13.7. The maximum Gasteiger partial charge on any atom is 0.517 e. The molecule has 3 N–H and O–H groups in total. The summed E-state index contributed by atoms with van der Waals surface area (Å²) in [5.41, 5.74) is 1.78. The SMILES string of the molecule is CCOC(=O)[N+]12CCC(C(CO)C1CO)C21c2ccccc2CCN2C=CNC21. The van der Waals surface area contributed by atoms with E-state index in [2.05, 4.69) is 34.6 Å². The highest BCUT2D eigenvalue weighted by Crippen LogP contribution is 2.64. The number of hydrogen-bond acceptors (Lipinski definition) is 6. The van der Waals surface area contributed by atoms with Crippen LogP contribution in [0.4, 0.5) is 4.79 Å². The van der Waals surface area contributed by atoms with Crippen molar-refractivity contribution in [2.75, 3.05) is 32.9 Å². The fraction of sp³-hybridized carbons (Fsp3) is 0.591. The molecule has 7 heteroatoms. The first-order chi connectivity index (χ1) is 14.2. The Morgan fingerprint density at radius 1 is 1.34 bits per heavy atom. The van der Waals surface area contributed by atoms with Crippen molar-refractivity contribution < 1.29 is 24.2 Å². The van der Waals surface area contributed by atoms with E-state index in [1.807, 2.05) is 19.2 Å². The molecule has 0 aliphatic carbocycles. The highest BCUT2D eigenvalue weighted by Gasteiger charge is 2.81. The zero-order chi connectivity index (χ0) is 20.2. The van der Waals surface area contributed by atoms with E-state index in [4.69, 9.17) is 4.74 Å². The summed E-state index contributed by atoms with van der Waals surface area (Å²) in [5, 5.41) is 24.4. The molecule has 29 heavy (non-hydrogen) atoms. The lowest BCUT2D eigenvalue weighted by molar-refractivity contribution is -0.922. The predicted octanol–water partition coefficient (Wildman–Crippen LogP) is 1.12. The lowest BCUT2D eigenvalue weighted by Crippen LogP contribution is -2.72. The van der Waals surface area contributed by atoms with Gasteiger partial charge in [-0.15, -0.1) is 0 Å². The van der Waals surface area contributed by atoms with Gasteiger partial charge in [-0.2, -0.15) is 4.79 Å². The number of aliphatic hydroxyl groups excluding tert-OH is 2. The van der Waals surface area contributed by atoms with E-state index in [1.165, 1.54) is 5.56 Å². The average Bonchev–Trinajstić information content (AvgIpc) is 3.38. The normalized spacial score (nSPS) is 39.2. The number of benzene rings is 1. The molecule has 1 aromatic rings. The van der Waals surface area contributed by atoms with Gasteiger partial charge in [0.1, 0.15) is 6.04 Å². The molecule has 1 aromatic carbocycles. The van der Waals surface area contributed by atoms with Crippen LogP contribution in [0.2, 0.25) is 0 Å². The van der Waals surface area contributed by atoms with Crippen molar-refractivity contribution in [1.29, 1.82) is 0 Å². The molecule has 2 saturated heterocycles. The van der Waals surface area contributed by atoms with Crippen LogP contribution in [-0.2, 0) is 16.7 Å². The van der Waals surface area contributed by atoms with E-state index in [0.717, 1.165) is 24.9 Å². The Morgan fingerprint density at radius 2 is 2.17 bits per heavy atom. The Morgan fingerprint density at radius 3 is 2.93 bits per heavy atom. The minimum atomic E-state index is -0.621.